The van der Waals surface area contributed by atoms with Gasteiger partial charge in [0.15, 0.2) is 16.6 Å². The number of fused-ring (bicyclic) bond motifs is 3. The van der Waals surface area contributed by atoms with E-state index in [9.17, 15) is 10.1 Å². The molecule has 2 aromatic carbocycles. The summed E-state index contributed by atoms with van der Waals surface area (Å²) in [6.07, 6.45) is 4.31. The average molecular weight is 446 g/mol. The lowest BCUT2D eigenvalue weighted by Gasteiger charge is -2.06. The number of nitro groups is 1. The van der Waals surface area contributed by atoms with Crippen molar-refractivity contribution < 1.29 is 4.92 Å². The van der Waals surface area contributed by atoms with Gasteiger partial charge >= 0.3 is 0 Å². The molecule has 0 unspecified atom stereocenters. The minimum Gasteiger partial charge on any atom is -0.334 e. The molecule has 5 rings (SSSR count). The maximum atomic E-state index is 11.1. The van der Waals surface area contributed by atoms with Crippen molar-refractivity contribution in [2.24, 2.45) is 0 Å². The smallest absolute Gasteiger partial charge is 0.269 e. The summed E-state index contributed by atoms with van der Waals surface area (Å²) in [5, 5.41) is 17.4. The van der Waals surface area contributed by atoms with Crippen molar-refractivity contribution in [1.82, 2.24) is 29.1 Å². The molecule has 0 N–H and O–H groups in total. The number of thioether (sulfide) groups is 1. The van der Waals surface area contributed by atoms with E-state index in [4.69, 9.17) is 15.1 Å². The fraction of sp³-hybridized carbons (Fsp3) is 0.182. The van der Waals surface area contributed by atoms with Crippen molar-refractivity contribution in [3.63, 3.8) is 0 Å². The number of hydrogen-bond donors (Lipinski definition) is 0. The second-order valence-electron chi connectivity index (χ2n) is 7.37. The van der Waals surface area contributed by atoms with Gasteiger partial charge in [-0.15, -0.1) is 5.10 Å². The van der Waals surface area contributed by atoms with Gasteiger partial charge in [-0.3, -0.25) is 10.1 Å². The number of nitro benzene ring substituents is 1. The molecule has 0 radical (unpaired) electrons. The number of hydrogen-bond acceptors (Lipinski definition) is 7. The monoisotopic (exact) mass is 445 g/mol. The molecule has 3 aromatic heterocycles. The van der Waals surface area contributed by atoms with Gasteiger partial charge in [0.2, 0.25) is 0 Å². The van der Waals surface area contributed by atoms with Gasteiger partial charge in [-0.05, 0) is 24.6 Å². The summed E-state index contributed by atoms with van der Waals surface area (Å²) in [5.41, 5.74) is 3.62. The highest BCUT2D eigenvalue weighted by Crippen LogP contribution is 2.27. The van der Waals surface area contributed by atoms with Crippen LogP contribution in [-0.4, -0.2) is 34.1 Å². The zero-order chi connectivity index (χ0) is 22.1. The Morgan fingerprint density at radius 3 is 2.81 bits per heavy atom. The first-order chi connectivity index (χ1) is 15.6. The number of aromatic nitrogens is 6. The number of imidazole rings is 1. The highest BCUT2D eigenvalue weighted by Gasteiger charge is 2.15. The van der Waals surface area contributed by atoms with Crippen LogP contribution in [0.1, 0.15) is 17.1 Å². The van der Waals surface area contributed by atoms with E-state index in [1.807, 2.05) is 49.8 Å². The number of benzene rings is 2. The third kappa shape index (κ3) is 3.92. The SMILES string of the molecule is Cc1cncn1CCc1nc2c3ccccc3nc(SCc3cccc([N+](=O)[O-])c3)n2n1. The predicted molar refractivity (Wildman–Crippen MR) is 122 cm³/mol. The third-order valence-corrected chi connectivity index (χ3v) is 6.18. The fourth-order valence-corrected chi connectivity index (χ4v) is 4.41. The average Bonchev–Trinajstić information content (AvgIpc) is 3.42. The predicted octanol–water partition coefficient (Wildman–Crippen LogP) is 4.23. The van der Waals surface area contributed by atoms with Crippen molar-refractivity contribution in [2.75, 3.05) is 0 Å². The Labute approximate surface area is 187 Å². The molecule has 160 valence electrons. The molecular formula is C22H19N7O2S. The molecule has 0 saturated heterocycles. The molecule has 5 aromatic rings. The van der Waals surface area contributed by atoms with Crippen LogP contribution in [0.5, 0.6) is 0 Å². The molecule has 0 spiro atoms. The largest absolute Gasteiger partial charge is 0.334 e. The van der Waals surface area contributed by atoms with E-state index >= 15 is 0 Å². The molecule has 3 heterocycles. The topological polar surface area (TPSA) is 104 Å². The molecular weight excluding hydrogens is 426 g/mol. The zero-order valence-electron chi connectivity index (χ0n) is 17.3. The van der Waals surface area contributed by atoms with Crippen LogP contribution >= 0.6 is 11.8 Å². The van der Waals surface area contributed by atoms with Crippen LogP contribution in [-0.2, 0) is 18.7 Å². The lowest BCUT2D eigenvalue weighted by molar-refractivity contribution is -0.384. The molecule has 32 heavy (non-hydrogen) atoms. The van der Waals surface area contributed by atoms with Gasteiger partial charge in [-0.1, -0.05) is 36.0 Å². The number of para-hydroxylation sites is 1. The van der Waals surface area contributed by atoms with E-state index < -0.39 is 0 Å². The second kappa shape index (κ2) is 8.39. The van der Waals surface area contributed by atoms with Gasteiger partial charge in [0.25, 0.3) is 5.69 Å². The summed E-state index contributed by atoms with van der Waals surface area (Å²) in [6.45, 7) is 2.76. The van der Waals surface area contributed by atoms with E-state index in [-0.39, 0.29) is 10.6 Å². The Morgan fingerprint density at radius 2 is 2.00 bits per heavy atom. The normalized spacial score (nSPS) is 11.4. The molecule has 0 bridgehead atoms. The molecule has 0 aliphatic carbocycles. The van der Waals surface area contributed by atoms with E-state index in [1.165, 1.54) is 17.8 Å². The molecule has 9 nitrogen and oxygen atoms in total. The van der Waals surface area contributed by atoms with Gasteiger partial charge in [0.1, 0.15) is 0 Å². The molecule has 0 atom stereocenters. The molecule has 0 fully saturated rings. The highest BCUT2D eigenvalue weighted by molar-refractivity contribution is 7.98. The quantitative estimate of drug-likeness (QED) is 0.160. The van der Waals surface area contributed by atoms with Gasteiger partial charge in [-0.2, -0.15) is 4.52 Å². The van der Waals surface area contributed by atoms with Crippen LogP contribution in [0.4, 0.5) is 5.69 Å². The standard InChI is InChI=1S/C22H19N7O2S/c1-15-12-23-14-27(15)10-9-20-25-21-18-7-2-3-8-19(18)24-22(28(21)26-20)32-13-16-5-4-6-17(11-16)29(30)31/h2-8,11-12,14H,9-10,13H2,1H3. The number of aryl methyl sites for hydroxylation is 3. The van der Waals surface area contributed by atoms with Crippen molar-refractivity contribution >= 4 is 34.0 Å². The van der Waals surface area contributed by atoms with Crippen LogP contribution in [0.3, 0.4) is 0 Å². The van der Waals surface area contributed by atoms with E-state index in [1.54, 1.807) is 16.6 Å². The lowest BCUT2D eigenvalue weighted by Crippen LogP contribution is -2.03. The third-order valence-electron chi connectivity index (χ3n) is 5.18. The van der Waals surface area contributed by atoms with Crippen molar-refractivity contribution in [3.05, 3.63) is 88.3 Å². The van der Waals surface area contributed by atoms with Crippen LogP contribution in [0.25, 0.3) is 16.6 Å². The zero-order valence-corrected chi connectivity index (χ0v) is 18.1. The lowest BCUT2D eigenvalue weighted by atomic mass is 10.2. The molecule has 0 aliphatic heterocycles. The minimum absolute atomic E-state index is 0.0811. The Hall–Kier alpha value is -3.79. The molecule has 10 heteroatoms. The number of non-ortho nitro benzene ring substituents is 1. The maximum Gasteiger partial charge on any atom is 0.269 e. The summed E-state index contributed by atoms with van der Waals surface area (Å²) in [6, 6.07) is 14.5. The summed E-state index contributed by atoms with van der Waals surface area (Å²) in [5.74, 6) is 1.26. The van der Waals surface area contributed by atoms with Crippen LogP contribution in [0.15, 0.2) is 66.2 Å². The minimum atomic E-state index is -0.383. The second-order valence-corrected chi connectivity index (χ2v) is 8.31. The maximum absolute atomic E-state index is 11.1. The van der Waals surface area contributed by atoms with Gasteiger partial charge in [-0.25, -0.2) is 15.0 Å². The molecule has 0 amide bonds. The van der Waals surface area contributed by atoms with E-state index in [0.29, 0.717) is 17.3 Å². The van der Waals surface area contributed by atoms with Crippen LogP contribution in [0.2, 0.25) is 0 Å². The van der Waals surface area contributed by atoms with Gasteiger partial charge < -0.3 is 4.57 Å². The first-order valence-corrected chi connectivity index (χ1v) is 11.0. The van der Waals surface area contributed by atoms with Crippen molar-refractivity contribution in [2.45, 2.75) is 30.8 Å². The highest BCUT2D eigenvalue weighted by atomic mass is 32.2. The Bertz CT molecular complexity index is 1440. The molecule has 0 aliphatic rings. The van der Waals surface area contributed by atoms with Gasteiger partial charge in [0.05, 0.1) is 16.8 Å². The first kappa shape index (κ1) is 20.1. The number of rotatable bonds is 7. The fourth-order valence-electron chi connectivity index (χ4n) is 3.52. The number of nitrogens with zero attached hydrogens (tertiary/aromatic N) is 7. The van der Waals surface area contributed by atoms with Crippen LogP contribution < -0.4 is 0 Å². The van der Waals surface area contributed by atoms with E-state index in [2.05, 4.69) is 9.55 Å². The summed E-state index contributed by atoms with van der Waals surface area (Å²) in [7, 11) is 0. The van der Waals surface area contributed by atoms with Crippen LogP contribution in [0, 0.1) is 17.0 Å². The summed E-state index contributed by atoms with van der Waals surface area (Å²) >= 11 is 1.48. The summed E-state index contributed by atoms with van der Waals surface area (Å²) < 4.78 is 3.85. The Kier molecular flexibility index (Phi) is 5.28. The summed E-state index contributed by atoms with van der Waals surface area (Å²) in [4.78, 5) is 24.4. The van der Waals surface area contributed by atoms with Gasteiger partial charge in [0, 0.05) is 48.1 Å². The van der Waals surface area contributed by atoms with Crippen molar-refractivity contribution in [3.8, 4) is 0 Å². The van der Waals surface area contributed by atoms with E-state index in [0.717, 1.165) is 40.2 Å². The Balaban J connectivity index is 1.48. The Morgan fingerprint density at radius 1 is 1.12 bits per heavy atom. The first-order valence-electron chi connectivity index (χ1n) is 10.1. The molecule has 0 saturated carbocycles. The van der Waals surface area contributed by atoms with Crippen molar-refractivity contribution in [1.29, 1.82) is 0 Å².